The van der Waals surface area contributed by atoms with E-state index in [4.69, 9.17) is 4.74 Å². The Labute approximate surface area is 96.0 Å². The molecule has 0 bridgehead atoms. The summed E-state index contributed by atoms with van der Waals surface area (Å²) in [5.74, 6) is 0.741. The second kappa shape index (κ2) is 6.85. The molecule has 0 atom stereocenters. The van der Waals surface area contributed by atoms with Gasteiger partial charge in [0, 0.05) is 7.05 Å². The number of amides is 1. The van der Waals surface area contributed by atoms with Gasteiger partial charge in [-0.05, 0) is 24.1 Å². The first kappa shape index (κ1) is 12.5. The van der Waals surface area contributed by atoms with Crippen molar-refractivity contribution in [3.63, 3.8) is 0 Å². The molecule has 0 aliphatic heterocycles. The highest BCUT2D eigenvalue weighted by Gasteiger charge is 2.00. The van der Waals surface area contributed by atoms with Gasteiger partial charge in [-0.3, -0.25) is 10.2 Å². The number of hydrogen-bond donors (Lipinski definition) is 2. The molecule has 16 heavy (non-hydrogen) atoms. The number of aryl methyl sites for hydroxylation is 1. The molecule has 1 aromatic rings. The van der Waals surface area contributed by atoms with Gasteiger partial charge < -0.3 is 4.74 Å². The Balaban J connectivity index is 2.34. The molecule has 4 heteroatoms. The monoisotopic (exact) mass is 222 g/mol. The van der Waals surface area contributed by atoms with Gasteiger partial charge in [0.05, 0.1) is 13.0 Å². The zero-order chi connectivity index (χ0) is 11.8. The number of rotatable bonds is 6. The van der Waals surface area contributed by atoms with Crippen LogP contribution in [0, 0.1) is 0 Å². The van der Waals surface area contributed by atoms with Gasteiger partial charge in [-0.15, -0.1) is 0 Å². The third-order valence-corrected chi connectivity index (χ3v) is 2.17. The van der Waals surface area contributed by atoms with Gasteiger partial charge in [-0.2, -0.15) is 0 Å². The first-order valence-electron chi connectivity index (χ1n) is 5.43. The number of carbonyl (C=O) groups excluding carboxylic acids is 1. The highest BCUT2D eigenvalue weighted by Crippen LogP contribution is 2.13. The maximum atomic E-state index is 11.1. The summed E-state index contributed by atoms with van der Waals surface area (Å²) >= 11 is 0. The molecule has 0 aliphatic carbocycles. The SMILES string of the molecule is CCc1cccc(OCCC(=O)NNC)c1. The Morgan fingerprint density at radius 1 is 1.44 bits per heavy atom. The van der Waals surface area contributed by atoms with Crippen molar-refractivity contribution >= 4 is 5.91 Å². The van der Waals surface area contributed by atoms with Crippen LogP contribution in [0.3, 0.4) is 0 Å². The number of ether oxygens (including phenoxy) is 1. The summed E-state index contributed by atoms with van der Waals surface area (Å²) in [6.45, 7) is 2.49. The maximum absolute atomic E-state index is 11.1. The standard InChI is InChI=1S/C12H18N2O2/c1-3-10-5-4-6-11(9-10)16-8-7-12(15)14-13-2/h4-6,9,13H,3,7-8H2,1-2H3,(H,14,15). The van der Waals surface area contributed by atoms with Gasteiger partial charge in [-0.1, -0.05) is 19.1 Å². The number of benzene rings is 1. The minimum Gasteiger partial charge on any atom is -0.493 e. The van der Waals surface area contributed by atoms with Gasteiger partial charge in [0.15, 0.2) is 0 Å². The highest BCUT2D eigenvalue weighted by atomic mass is 16.5. The molecule has 0 aliphatic rings. The lowest BCUT2D eigenvalue weighted by Crippen LogP contribution is -2.34. The van der Waals surface area contributed by atoms with Crippen molar-refractivity contribution < 1.29 is 9.53 Å². The number of hydrazine groups is 1. The van der Waals surface area contributed by atoms with E-state index < -0.39 is 0 Å². The third kappa shape index (κ3) is 4.31. The summed E-state index contributed by atoms with van der Waals surface area (Å²) < 4.78 is 5.48. The van der Waals surface area contributed by atoms with Crippen molar-refractivity contribution in [1.82, 2.24) is 10.9 Å². The summed E-state index contributed by atoms with van der Waals surface area (Å²) in [6.07, 6.45) is 1.33. The molecule has 0 fully saturated rings. The summed E-state index contributed by atoms with van der Waals surface area (Å²) in [6, 6.07) is 7.91. The molecule has 0 spiro atoms. The molecular weight excluding hydrogens is 204 g/mol. The molecule has 0 saturated carbocycles. The molecule has 0 heterocycles. The zero-order valence-electron chi connectivity index (χ0n) is 9.75. The lowest BCUT2D eigenvalue weighted by Gasteiger charge is -2.07. The minimum absolute atomic E-state index is 0.0749. The predicted octanol–water partition coefficient (Wildman–Crippen LogP) is 1.27. The van der Waals surface area contributed by atoms with Crippen molar-refractivity contribution in [2.75, 3.05) is 13.7 Å². The van der Waals surface area contributed by atoms with E-state index >= 15 is 0 Å². The van der Waals surface area contributed by atoms with Crippen LogP contribution < -0.4 is 15.6 Å². The smallest absolute Gasteiger partial charge is 0.237 e. The molecule has 1 amide bonds. The third-order valence-electron chi connectivity index (χ3n) is 2.17. The fourth-order valence-corrected chi connectivity index (χ4v) is 1.32. The Bertz CT molecular complexity index is 340. The van der Waals surface area contributed by atoms with Crippen LogP contribution in [0.25, 0.3) is 0 Å². The van der Waals surface area contributed by atoms with Crippen molar-refractivity contribution in [3.8, 4) is 5.75 Å². The van der Waals surface area contributed by atoms with Crippen molar-refractivity contribution in [2.24, 2.45) is 0 Å². The molecule has 88 valence electrons. The molecule has 4 nitrogen and oxygen atoms in total. The quantitative estimate of drug-likeness (QED) is 0.713. The molecule has 2 N–H and O–H groups in total. The Morgan fingerprint density at radius 3 is 2.94 bits per heavy atom. The van der Waals surface area contributed by atoms with E-state index in [-0.39, 0.29) is 5.91 Å². The Hall–Kier alpha value is -1.55. The van der Waals surface area contributed by atoms with Gasteiger partial charge in [0.2, 0.25) is 5.91 Å². The topological polar surface area (TPSA) is 50.4 Å². The molecular formula is C12H18N2O2. The Morgan fingerprint density at radius 2 is 2.25 bits per heavy atom. The van der Waals surface area contributed by atoms with E-state index in [1.807, 2.05) is 18.2 Å². The molecule has 0 saturated heterocycles. The van der Waals surface area contributed by atoms with Crippen molar-refractivity contribution in [1.29, 1.82) is 0 Å². The molecule has 1 aromatic carbocycles. The lowest BCUT2D eigenvalue weighted by atomic mass is 10.2. The van der Waals surface area contributed by atoms with Gasteiger partial charge >= 0.3 is 0 Å². The Kier molecular flexibility index (Phi) is 5.36. The second-order valence-corrected chi connectivity index (χ2v) is 3.40. The van der Waals surface area contributed by atoms with Crippen LogP contribution in [-0.2, 0) is 11.2 Å². The van der Waals surface area contributed by atoms with E-state index in [1.165, 1.54) is 5.56 Å². The van der Waals surface area contributed by atoms with Crippen LogP contribution in [0.15, 0.2) is 24.3 Å². The van der Waals surface area contributed by atoms with E-state index in [0.717, 1.165) is 12.2 Å². The van der Waals surface area contributed by atoms with E-state index in [0.29, 0.717) is 13.0 Å². The molecule has 0 radical (unpaired) electrons. The summed E-state index contributed by atoms with van der Waals surface area (Å²) in [7, 11) is 1.66. The average Bonchev–Trinajstić information content (AvgIpc) is 2.30. The predicted molar refractivity (Wildman–Crippen MR) is 63.1 cm³/mol. The van der Waals surface area contributed by atoms with Crippen LogP contribution in [0.5, 0.6) is 5.75 Å². The van der Waals surface area contributed by atoms with E-state index in [9.17, 15) is 4.79 Å². The maximum Gasteiger partial charge on any atom is 0.237 e. The van der Waals surface area contributed by atoms with E-state index in [2.05, 4.69) is 23.8 Å². The average molecular weight is 222 g/mol. The van der Waals surface area contributed by atoms with Crippen LogP contribution in [-0.4, -0.2) is 19.6 Å². The first-order valence-corrected chi connectivity index (χ1v) is 5.43. The van der Waals surface area contributed by atoms with Crippen LogP contribution in [0.2, 0.25) is 0 Å². The minimum atomic E-state index is -0.0749. The number of carbonyl (C=O) groups is 1. The molecule has 1 rings (SSSR count). The largest absolute Gasteiger partial charge is 0.493 e. The number of hydrogen-bond acceptors (Lipinski definition) is 3. The van der Waals surface area contributed by atoms with Crippen molar-refractivity contribution in [2.45, 2.75) is 19.8 Å². The lowest BCUT2D eigenvalue weighted by molar-refractivity contribution is -0.122. The summed E-state index contributed by atoms with van der Waals surface area (Å²) in [5, 5.41) is 0. The fraction of sp³-hybridized carbons (Fsp3) is 0.417. The summed E-state index contributed by atoms with van der Waals surface area (Å²) in [4.78, 5) is 11.1. The van der Waals surface area contributed by atoms with Crippen LogP contribution >= 0.6 is 0 Å². The van der Waals surface area contributed by atoms with Gasteiger partial charge in [0.25, 0.3) is 0 Å². The zero-order valence-corrected chi connectivity index (χ0v) is 9.75. The molecule has 0 aromatic heterocycles. The summed E-state index contributed by atoms with van der Waals surface area (Å²) in [5.41, 5.74) is 6.30. The normalized spacial score (nSPS) is 9.88. The second-order valence-electron chi connectivity index (χ2n) is 3.40. The van der Waals surface area contributed by atoms with Gasteiger partial charge in [-0.25, -0.2) is 5.43 Å². The van der Waals surface area contributed by atoms with Crippen molar-refractivity contribution in [3.05, 3.63) is 29.8 Å². The fourth-order valence-electron chi connectivity index (χ4n) is 1.32. The van der Waals surface area contributed by atoms with Gasteiger partial charge in [0.1, 0.15) is 5.75 Å². The van der Waals surface area contributed by atoms with Crippen LogP contribution in [0.4, 0.5) is 0 Å². The highest BCUT2D eigenvalue weighted by molar-refractivity contribution is 5.75. The molecule has 0 unspecified atom stereocenters. The van der Waals surface area contributed by atoms with Crippen LogP contribution in [0.1, 0.15) is 18.9 Å². The number of nitrogens with one attached hydrogen (secondary N) is 2. The first-order chi connectivity index (χ1) is 7.76. The van der Waals surface area contributed by atoms with E-state index in [1.54, 1.807) is 7.05 Å².